The van der Waals surface area contributed by atoms with Crippen molar-refractivity contribution in [2.75, 3.05) is 11.9 Å². The van der Waals surface area contributed by atoms with Crippen molar-refractivity contribution in [3.05, 3.63) is 58.6 Å². The number of nitrogens with zero attached hydrogens (tertiary/aromatic N) is 1. The third kappa shape index (κ3) is 6.31. The molecule has 1 saturated carbocycles. The van der Waals surface area contributed by atoms with Gasteiger partial charge in [-0.3, -0.25) is 14.4 Å². The molecule has 156 valence electrons. The third-order valence-corrected chi connectivity index (χ3v) is 4.68. The number of benzene rings is 2. The maximum atomic E-state index is 12.1. The van der Waals surface area contributed by atoms with E-state index in [1.807, 2.05) is 6.92 Å². The summed E-state index contributed by atoms with van der Waals surface area (Å²) in [6.07, 6.45) is 3.17. The number of rotatable bonds is 7. The van der Waals surface area contributed by atoms with Gasteiger partial charge in [0.1, 0.15) is 5.75 Å². The molecule has 3 N–H and O–H groups in total. The number of hydrogen-bond donors (Lipinski definition) is 3. The topological polar surface area (TPSA) is 109 Å². The monoisotopic (exact) mass is 428 g/mol. The predicted octanol–water partition coefficient (Wildman–Crippen LogP) is 2.39. The van der Waals surface area contributed by atoms with E-state index in [-0.39, 0.29) is 18.6 Å². The molecule has 0 saturated heterocycles. The normalized spacial score (nSPS) is 13.0. The Morgan fingerprint density at radius 2 is 1.93 bits per heavy atom. The van der Waals surface area contributed by atoms with Gasteiger partial charge in [0, 0.05) is 16.8 Å². The molecule has 0 spiro atoms. The predicted molar refractivity (Wildman–Crippen MR) is 114 cm³/mol. The van der Waals surface area contributed by atoms with Crippen molar-refractivity contribution in [2.45, 2.75) is 25.8 Å². The van der Waals surface area contributed by atoms with Crippen LogP contribution in [0.3, 0.4) is 0 Å². The fraction of sp³-hybridized carbons (Fsp3) is 0.238. The third-order valence-electron chi connectivity index (χ3n) is 4.27. The summed E-state index contributed by atoms with van der Waals surface area (Å²) in [7, 11) is 0. The largest absolute Gasteiger partial charge is 0.484 e. The van der Waals surface area contributed by atoms with Gasteiger partial charge >= 0.3 is 11.8 Å². The molecule has 1 aliphatic rings. The molecule has 8 nitrogen and oxygen atoms in total. The van der Waals surface area contributed by atoms with Gasteiger partial charge in [-0.2, -0.15) is 5.10 Å². The molecule has 9 heteroatoms. The van der Waals surface area contributed by atoms with Crippen molar-refractivity contribution in [1.82, 2.24) is 10.7 Å². The van der Waals surface area contributed by atoms with E-state index in [4.69, 9.17) is 16.3 Å². The zero-order chi connectivity index (χ0) is 21.5. The lowest BCUT2D eigenvalue weighted by atomic mass is 10.2. The Balaban J connectivity index is 1.48. The van der Waals surface area contributed by atoms with Crippen LogP contribution >= 0.6 is 11.6 Å². The molecule has 3 rings (SSSR count). The van der Waals surface area contributed by atoms with E-state index in [1.54, 1.807) is 42.5 Å². The maximum Gasteiger partial charge on any atom is 0.329 e. The molecular formula is C21H21ClN4O4. The Morgan fingerprint density at radius 1 is 1.17 bits per heavy atom. The van der Waals surface area contributed by atoms with Gasteiger partial charge in [-0.05, 0) is 55.2 Å². The van der Waals surface area contributed by atoms with Gasteiger partial charge in [0.2, 0.25) is 0 Å². The SMILES string of the molecule is Cc1c(Cl)cccc1NC(=O)COc1cccc(/C=N\NC(=O)C(=O)NC2CC2)c1. The van der Waals surface area contributed by atoms with Crippen LogP contribution in [0.5, 0.6) is 5.75 Å². The van der Waals surface area contributed by atoms with Crippen LogP contribution in [-0.2, 0) is 14.4 Å². The number of carbonyl (C=O) groups excluding carboxylic acids is 3. The summed E-state index contributed by atoms with van der Waals surface area (Å²) in [6.45, 7) is 1.63. The quantitative estimate of drug-likeness (QED) is 0.357. The number of amides is 3. The number of ether oxygens (including phenoxy) is 1. The molecule has 30 heavy (non-hydrogen) atoms. The highest BCUT2D eigenvalue weighted by atomic mass is 35.5. The summed E-state index contributed by atoms with van der Waals surface area (Å²) in [4.78, 5) is 35.3. The van der Waals surface area contributed by atoms with Crippen molar-refractivity contribution >= 4 is 41.2 Å². The van der Waals surface area contributed by atoms with E-state index in [0.717, 1.165) is 18.4 Å². The molecule has 3 amide bonds. The lowest BCUT2D eigenvalue weighted by Crippen LogP contribution is -2.38. The van der Waals surface area contributed by atoms with Gasteiger partial charge in [0.15, 0.2) is 6.61 Å². The zero-order valence-corrected chi connectivity index (χ0v) is 17.0. The van der Waals surface area contributed by atoms with Crippen LogP contribution in [0.2, 0.25) is 5.02 Å². The van der Waals surface area contributed by atoms with Crippen LogP contribution < -0.4 is 20.8 Å². The Morgan fingerprint density at radius 3 is 2.70 bits per heavy atom. The number of nitrogens with one attached hydrogen (secondary N) is 3. The zero-order valence-electron chi connectivity index (χ0n) is 16.3. The number of anilines is 1. The minimum Gasteiger partial charge on any atom is -0.484 e. The fourth-order valence-electron chi connectivity index (χ4n) is 2.46. The first kappa shape index (κ1) is 21.3. The summed E-state index contributed by atoms with van der Waals surface area (Å²) in [5.74, 6) is -1.39. The average Bonchev–Trinajstić information content (AvgIpc) is 3.54. The van der Waals surface area contributed by atoms with Crippen molar-refractivity contribution < 1.29 is 19.1 Å². The van der Waals surface area contributed by atoms with Gasteiger partial charge in [-0.1, -0.05) is 29.8 Å². The highest BCUT2D eigenvalue weighted by Crippen LogP contribution is 2.23. The first-order valence-electron chi connectivity index (χ1n) is 9.34. The van der Waals surface area contributed by atoms with E-state index in [9.17, 15) is 14.4 Å². The Labute approximate surface area is 178 Å². The molecule has 0 atom stereocenters. The van der Waals surface area contributed by atoms with Crippen LogP contribution in [0.1, 0.15) is 24.0 Å². The van der Waals surface area contributed by atoms with Gasteiger partial charge in [0.25, 0.3) is 5.91 Å². The van der Waals surface area contributed by atoms with Crippen LogP contribution in [0, 0.1) is 6.92 Å². The second-order valence-corrected chi connectivity index (χ2v) is 7.18. The Bertz CT molecular complexity index is 989. The van der Waals surface area contributed by atoms with Crippen LogP contribution in [0.15, 0.2) is 47.6 Å². The van der Waals surface area contributed by atoms with Crippen molar-refractivity contribution in [3.8, 4) is 5.75 Å². The molecule has 0 radical (unpaired) electrons. The Kier molecular flexibility index (Phi) is 7.03. The second-order valence-electron chi connectivity index (χ2n) is 6.77. The van der Waals surface area contributed by atoms with E-state index in [1.165, 1.54) is 6.21 Å². The molecular weight excluding hydrogens is 408 g/mol. The molecule has 2 aromatic rings. The molecule has 0 aliphatic heterocycles. The summed E-state index contributed by atoms with van der Waals surface area (Å²) in [6, 6.07) is 12.2. The van der Waals surface area contributed by atoms with E-state index in [0.29, 0.717) is 22.0 Å². The number of halogens is 1. The first-order valence-corrected chi connectivity index (χ1v) is 9.72. The summed E-state index contributed by atoms with van der Waals surface area (Å²) in [5, 5.41) is 9.66. The molecule has 1 aliphatic carbocycles. The molecule has 2 aromatic carbocycles. The molecule has 0 heterocycles. The minimum absolute atomic E-state index is 0.0982. The lowest BCUT2D eigenvalue weighted by molar-refractivity contribution is -0.139. The van der Waals surface area contributed by atoms with Gasteiger partial charge in [0.05, 0.1) is 6.21 Å². The maximum absolute atomic E-state index is 12.1. The minimum atomic E-state index is -0.821. The number of carbonyl (C=O) groups is 3. The molecule has 0 bridgehead atoms. The number of hydrazone groups is 1. The van der Waals surface area contributed by atoms with Crippen LogP contribution in [0.4, 0.5) is 5.69 Å². The van der Waals surface area contributed by atoms with E-state index in [2.05, 4.69) is 21.2 Å². The molecule has 1 fully saturated rings. The van der Waals surface area contributed by atoms with Crippen molar-refractivity contribution in [3.63, 3.8) is 0 Å². The highest BCUT2D eigenvalue weighted by molar-refractivity contribution is 6.35. The summed E-state index contributed by atoms with van der Waals surface area (Å²) < 4.78 is 5.51. The van der Waals surface area contributed by atoms with Crippen LogP contribution in [-0.4, -0.2) is 36.6 Å². The fourth-order valence-corrected chi connectivity index (χ4v) is 2.63. The van der Waals surface area contributed by atoms with Gasteiger partial charge in [-0.25, -0.2) is 5.43 Å². The molecule has 0 unspecified atom stereocenters. The second kappa shape index (κ2) is 9.89. The van der Waals surface area contributed by atoms with Gasteiger partial charge in [-0.15, -0.1) is 0 Å². The highest BCUT2D eigenvalue weighted by Gasteiger charge is 2.26. The first-order chi connectivity index (χ1) is 14.4. The average molecular weight is 429 g/mol. The van der Waals surface area contributed by atoms with Gasteiger partial charge < -0.3 is 15.4 Å². The Hall–Kier alpha value is -3.39. The summed E-state index contributed by atoms with van der Waals surface area (Å²) >= 11 is 6.05. The summed E-state index contributed by atoms with van der Waals surface area (Å²) in [5.41, 5.74) is 4.20. The van der Waals surface area contributed by atoms with E-state index >= 15 is 0 Å². The standard InChI is InChI=1S/C21H21ClN4O4/c1-13-17(22)6-3-7-18(13)25-19(27)12-30-16-5-2-4-14(10-16)11-23-26-21(29)20(28)24-15-8-9-15/h2-7,10-11,15H,8-9,12H2,1H3,(H,24,28)(H,25,27)(H,26,29)/b23-11-. The lowest BCUT2D eigenvalue weighted by Gasteiger charge is -2.10. The van der Waals surface area contributed by atoms with Crippen molar-refractivity contribution in [1.29, 1.82) is 0 Å². The smallest absolute Gasteiger partial charge is 0.329 e. The van der Waals surface area contributed by atoms with E-state index < -0.39 is 11.8 Å². The van der Waals surface area contributed by atoms with Crippen LogP contribution in [0.25, 0.3) is 0 Å². The molecule has 0 aromatic heterocycles. The van der Waals surface area contributed by atoms with Crippen molar-refractivity contribution in [2.24, 2.45) is 5.10 Å². The number of hydrogen-bond acceptors (Lipinski definition) is 5.